The molecule has 7 heteroatoms. The summed E-state index contributed by atoms with van der Waals surface area (Å²) in [7, 11) is 0.141. The molecule has 4 rings (SSSR count). The minimum absolute atomic E-state index is 0.217. The van der Waals surface area contributed by atoms with Crippen LogP contribution in [0.15, 0.2) is 71.9 Å². The number of hydrogen-bond acceptors (Lipinski definition) is 5. The zero-order valence-electron chi connectivity index (χ0n) is 15.6. The first-order valence-electron chi connectivity index (χ1n) is 8.83. The van der Waals surface area contributed by atoms with E-state index in [1.807, 2.05) is 49.3 Å². The Morgan fingerprint density at radius 2 is 1.75 bits per heavy atom. The van der Waals surface area contributed by atoms with E-state index in [0.29, 0.717) is 23.1 Å². The van der Waals surface area contributed by atoms with Gasteiger partial charge in [0.25, 0.3) is 10.0 Å². The van der Waals surface area contributed by atoms with E-state index in [1.54, 1.807) is 36.7 Å². The van der Waals surface area contributed by atoms with Gasteiger partial charge in [0, 0.05) is 35.1 Å². The number of benzene rings is 2. The molecule has 0 unspecified atom stereocenters. The Hall–Kier alpha value is -3.03. The summed E-state index contributed by atoms with van der Waals surface area (Å²) in [5.74, 6) is 0. The Morgan fingerprint density at radius 3 is 2.57 bits per heavy atom. The largest absolute Gasteiger partial charge is 0.304 e. The quantitative estimate of drug-likeness (QED) is 0.561. The van der Waals surface area contributed by atoms with Crippen molar-refractivity contribution in [2.45, 2.75) is 11.4 Å². The SMILES string of the molecule is CN(C)Cc1ccc2cccc(NS(=O)(=O)c3cccc4cnccc34)c2n1. The summed E-state index contributed by atoms with van der Waals surface area (Å²) in [6.45, 7) is 0.674. The Labute approximate surface area is 163 Å². The van der Waals surface area contributed by atoms with Crippen LogP contribution in [-0.2, 0) is 16.6 Å². The van der Waals surface area contributed by atoms with Crippen LogP contribution < -0.4 is 4.72 Å². The van der Waals surface area contributed by atoms with Crippen LogP contribution >= 0.6 is 0 Å². The molecule has 0 aliphatic rings. The second-order valence-corrected chi connectivity index (χ2v) is 8.53. The summed E-state index contributed by atoms with van der Waals surface area (Å²) in [6.07, 6.45) is 3.25. The van der Waals surface area contributed by atoms with Gasteiger partial charge in [-0.3, -0.25) is 9.71 Å². The second-order valence-electron chi connectivity index (χ2n) is 6.88. The van der Waals surface area contributed by atoms with Crippen molar-refractivity contribution in [2.75, 3.05) is 18.8 Å². The molecule has 0 radical (unpaired) electrons. The molecule has 2 aromatic carbocycles. The molecule has 6 nitrogen and oxygen atoms in total. The average Bonchev–Trinajstić information content (AvgIpc) is 2.67. The third-order valence-electron chi connectivity index (χ3n) is 4.43. The third kappa shape index (κ3) is 3.54. The van der Waals surface area contributed by atoms with Crippen molar-refractivity contribution in [1.82, 2.24) is 14.9 Å². The minimum Gasteiger partial charge on any atom is -0.304 e. The standard InChI is InChI=1S/C21H20N4O2S/c1-25(2)14-17-10-9-15-5-3-7-19(21(15)23-17)24-28(26,27)20-8-4-6-16-13-22-12-11-18(16)20/h3-13,24H,14H2,1-2H3. The van der Waals surface area contributed by atoms with Crippen molar-refractivity contribution in [3.8, 4) is 0 Å². The maximum atomic E-state index is 13.2. The first-order valence-corrected chi connectivity index (χ1v) is 10.3. The summed E-state index contributed by atoms with van der Waals surface area (Å²) in [5, 5.41) is 2.28. The Morgan fingerprint density at radius 1 is 0.964 bits per heavy atom. The molecule has 4 aromatic rings. The van der Waals surface area contributed by atoms with Crippen LogP contribution in [0.4, 0.5) is 5.69 Å². The van der Waals surface area contributed by atoms with Gasteiger partial charge in [-0.1, -0.05) is 30.3 Å². The number of para-hydroxylation sites is 1. The van der Waals surface area contributed by atoms with E-state index < -0.39 is 10.0 Å². The van der Waals surface area contributed by atoms with Gasteiger partial charge in [0.2, 0.25) is 0 Å². The molecule has 0 fully saturated rings. The van der Waals surface area contributed by atoms with Gasteiger partial charge in [0.05, 0.1) is 21.8 Å². The lowest BCUT2D eigenvalue weighted by atomic mass is 10.2. The normalized spacial score (nSPS) is 12.0. The van der Waals surface area contributed by atoms with Crippen LogP contribution in [0.2, 0.25) is 0 Å². The Bertz CT molecular complexity index is 1260. The second kappa shape index (κ2) is 7.18. The van der Waals surface area contributed by atoms with Gasteiger partial charge >= 0.3 is 0 Å². The van der Waals surface area contributed by atoms with Crippen molar-refractivity contribution in [1.29, 1.82) is 0 Å². The van der Waals surface area contributed by atoms with E-state index in [2.05, 4.69) is 14.7 Å². The Balaban J connectivity index is 1.80. The zero-order chi connectivity index (χ0) is 19.7. The van der Waals surface area contributed by atoms with Crippen LogP contribution in [0.25, 0.3) is 21.7 Å². The average molecular weight is 392 g/mol. The van der Waals surface area contributed by atoms with E-state index >= 15 is 0 Å². The fraction of sp³-hybridized carbons (Fsp3) is 0.143. The van der Waals surface area contributed by atoms with Crippen molar-refractivity contribution >= 4 is 37.4 Å². The summed E-state index contributed by atoms with van der Waals surface area (Å²) in [6, 6.07) is 16.3. The molecule has 0 amide bonds. The number of hydrogen-bond donors (Lipinski definition) is 1. The van der Waals surface area contributed by atoms with Crippen molar-refractivity contribution in [2.24, 2.45) is 0 Å². The minimum atomic E-state index is -3.80. The number of anilines is 1. The van der Waals surface area contributed by atoms with Crippen molar-refractivity contribution < 1.29 is 8.42 Å². The summed E-state index contributed by atoms with van der Waals surface area (Å²) in [4.78, 5) is 11.0. The van der Waals surface area contributed by atoms with Gasteiger partial charge < -0.3 is 4.90 Å². The van der Waals surface area contributed by atoms with E-state index in [-0.39, 0.29) is 4.90 Å². The lowest BCUT2D eigenvalue weighted by Crippen LogP contribution is -2.15. The molecule has 28 heavy (non-hydrogen) atoms. The summed E-state index contributed by atoms with van der Waals surface area (Å²) in [5.41, 5.74) is 1.97. The van der Waals surface area contributed by atoms with E-state index in [9.17, 15) is 8.42 Å². The topological polar surface area (TPSA) is 75.2 Å². The predicted octanol–water partition coefficient (Wildman–Crippen LogP) is 3.65. The van der Waals surface area contributed by atoms with Gasteiger partial charge in [-0.15, -0.1) is 0 Å². The molecule has 0 aliphatic carbocycles. The third-order valence-corrected chi connectivity index (χ3v) is 5.85. The highest BCUT2D eigenvalue weighted by Gasteiger charge is 2.19. The molecule has 0 atom stereocenters. The molecule has 142 valence electrons. The lowest BCUT2D eigenvalue weighted by molar-refractivity contribution is 0.397. The van der Waals surface area contributed by atoms with Gasteiger partial charge in [-0.2, -0.15) is 0 Å². The van der Waals surface area contributed by atoms with Gasteiger partial charge in [-0.05, 0) is 38.4 Å². The molecule has 0 saturated carbocycles. The highest BCUT2D eigenvalue weighted by molar-refractivity contribution is 7.93. The van der Waals surface area contributed by atoms with Gasteiger partial charge in [0.1, 0.15) is 0 Å². The lowest BCUT2D eigenvalue weighted by Gasteiger charge is -2.14. The van der Waals surface area contributed by atoms with E-state index in [4.69, 9.17) is 0 Å². The molecule has 0 aliphatic heterocycles. The smallest absolute Gasteiger partial charge is 0.262 e. The fourth-order valence-corrected chi connectivity index (χ4v) is 4.51. The van der Waals surface area contributed by atoms with E-state index in [1.165, 1.54) is 0 Å². The molecular formula is C21H20N4O2S. The molecule has 0 spiro atoms. The molecule has 1 N–H and O–H groups in total. The number of rotatable bonds is 5. The number of sulfonamides is 1. The summed E-state index contributed by atoms with van der Waals surface area (Å²) < 4.78 is 29.0. The van der Waals surface area contributed by atoms with E-state index in [0.717, 1.165) is 16.5 Å². The molecule has 0 bridgehead atoms. The van der Waals surface area contributed by atoms with Crippen LogP contribution in [0.5, 0.6) is 0 Å². The fourth-order valence-electron chi connectivity index (χ4n) is 3.21. The highest BCUT2D eigenvalue weighted by atomic mass is 32.2. The van der Waals surface area contributed by atoms with Gasteiger partial charge in [-0.25, -0.2) is 13.4 Å². The zero-order valence-corrected chi connectivity index (χ0v) is 16.4. The van der Waals surface area contributed by atoms with Crippen LogP contribution in [0.3, 0.4) is 0 Å². The number of pyridine rings is 2. The number of nitrogens with zero attached hydrogens (tertiary/aromatic N) is 3. The summed E-state index contributed by atoms with van der Waals surface area (Å²) >= 11 is 0. The van der Waals surface area contributed by atoms with Crippen LogP contribution in [0, 0.1) is 0 Å². The first kappa shape index (κ1) is 18.3. The molecule has 0 saturated heterocycles. The van der Waals surface area contributed by atoms with Crippen molar-refractivity contribution in [3.63, 3.8) is 0 Å². The van der Waals surface area contributed by atoms with Crippen LogP contribution in [0.1, 0.15) is 5.69 Å². The number of fused-ring (bicyclic) bond motifs is 2. The molecule has 2 aromatic heterocycles. The predicted molar refractivity (Wildman–Crippen MR) is 112 cm³/mol. The molecular weight excluding hydrogens is 372 g/mol. The monoisotopic (exact) mass is 392 g/mol. The highest BCUT2D eigenvalue weighted by Crippen LogP contribution is 2.28. The van der Waals surface area contributed by atoms with Crippen molar-refractivity contribution in [3.05, 3.63) is 72.7 Å². The first-order chi connectivity index (χ1) is 13.4. The molecule has 2 heterocycles. The van der Waals surface area contributed by atoms with Crippen LogP contribution in [-0.4, -0.2) is 37.4 Å². The number of nitrogens with one attached hydrogen (secondary N) is 1. The Kier molecular flexibility index (Phi) is 4.70. The maximum Gasteiger partial charge on any atom is 0.262 e. The maximum absolute atomic E-state index is 13.2. The number of aromatic nitrogens is 2. The van der Waals surface area contributed by atoms with Gasteiger partial charge in [0.15, 0.2) is 0 Å².